The molecular weight excluding hydrogens is 515 g/mol. The zero-order chi connectivity index (χ0) is 28.2. The standard InChI is InChI=1S/C34H31FN4O2/c35-26-17-15-24(16-18-26)32(33(40)37-27-12-5-2-6-13-27)39(28-21-25-11-7-8-14-29(25)36-22-28)34(41)31-20-19-30(38-31)23-9-3-1-4-10-23/h1,3-4,7-11,14-22,27,32,38H,2,5-6,12-13H2,(H,37,40). The van der Waals surface area contributed by atoms with Gasteiger partial charge in [0.1, 0.15) is 17.6 Å². The SMILES string of the molecule is O=C(NC1CCCCC1)C(c1ccc(F)cc1)N(C(=O)c1ccc(-c2ccccc2)[nH]1)c1cnc2ccccc2c1. The van der Waals surface area contributed by atoms with Gasteiger partial charge in [-0.2, -0.15) is 0 Å². The highest BCUT2D eigenvalue weighted by molar-refractivity contribution is 6.10. The van der Waals surface area contributed by atoms with Gasteiger partial charge in [0.2, 0.25) is 5.91 Å². The Bertz CT molecular complexity index is 1660. The second kappa shape index (κ2) is 11.8. The summed E-state index contributed by atoms with van der Waals surface area (Å²) >= 11 is 0. The van der Waals surface area contributed by atoms with E-state index in [1.54, 1.807) is 24.4 Å². The molecule has 206 valence electrons. The molecule has 1 aliphatic rings. The Morgan fingerprint density at radius 2 is 1.61 bits per heavy atom. The number of aromatic amines is 1. The Morgan fingerprint density at radius 1 is 0.878 bits per heavy atom. The second-order valence-corrected chi connectivity index (χ2v) is 10.5. The number of hydrogen-bond acceptors (Lipinski definition) is 3. The van der Waals surface area contributed by atoms with Crippen molar-refractivity contribution in [2.75, 3.05) is 4.90 Å². The third-order valence-corrected chi connectivity index (χ3v) is 7.72. The lowest BCUT2D eigenvalue weighted by Gasteiger charge is -2.33. The molecule has 0 radical (unpaired) electrons. The molecule has 1 saturated carbocycles. The monoisotopic (exact) mass is 546 g/mol. The molecule has 2 N–H and O–H groups in total. The van der Waals surface area contributed by atoms with Gasteiger partial charge in [-0.25, -0.2) is 4.39 Å². The molecule has 2 heterocycles. The van der Waals surface area contributed by atoms with Crippen LogP contribution in [-0.2, 0) is 4.79 Å². The van der Waals surface area contributed by atoms with Gasteiger partial charge in [0.15, 0.2) is 0 Å². The summed E-state index contributed by atoms with van der Waals surface area (Å²) in [6, 6.07) is 27.6. The third kappa shape index (κ3) is 5.75. The maximum absolute atomic E-state index is 14.4. The van der Waals surface area contributed by atoms with Crippen molar-refractivity contribution in [2.24, 2.45) is 0 Å². The topological polar surface area (TPSA) is 78.1 Å². The first kappa shape index (κ1) is 26.4. The molecule has 0 bridgehead atoms. The highest BCUT2D eigenvalue weighted by Crippen LogP contribution is 2.32. The van der Waals surface area contributed by atoms with E-state index in [0.717, 1.165) is 54.3 Å². The molecule has 3 aromatic carbocycles. The number of nitrogens with one attached hydrogen (secondary N) is 2. The van der Waals surface area contributed by atoms with E-state index in [1.165, 1.54) is 17.0 Å². The van der Waals surface area contributed by atoms with E-state index in [4.69, 9.17) is 0 Å². The van der Waals surface area contributed by atoms with Crippen molar-refractivity contribution >= 4 is 28.4 Å². The fourth-order valence-electron chi connectivity index (χ4n) is 5.60. The van der Waals surface area contributed by atoms with Crippen molar-refractivity contribution in [3.8, 4) is 11.3 Å². The second-order valence-electron chi connectivity index (χ2n) is 10.5. The minimum Gasteiger partial charge on any atom is -0.351 e. The number of benzene rings is 3. The zero-order valence-corrected chi connectivity index (χ0v) is 22.6. The van der Waals surface area contributed by atoms with Crippen LogP contribution < -0.4 is 10.2 Å². The van der Waals surface area contributed by atoms with E-state index < -0.39 is 17.8 Å². The molecule has 2 amide bonds. The number of carbonyl (C=O) groups excluding carboxylic acids is 2. The van der Waals surface area contributed by atoms with E-state index in [1.807, 2.05) is 66.7 Å². The van der Waals surface area contributed by atoms with Gasteiger partial charge in [-0.05, 0) is 60.4 Å². The van der Waals surface area contributed by atoms with Crippen LogP contribution in [0.1, 0.15) is 54.2 Å². The Hall–Kier alpha value is -4.78. The average molecular weight is 547 g/mol. The quantitative estimate of drug-likeness (QED) is 0.227. The maximum atomic E-state index is 14.4. The van der Waals surface area contributed by atoms with Crippen molar-refractivity contribution in [2.45, 2.75) is 44.2 Å². The van der Waals surface area contributed by atoms with E-state index in [-0.39, 0.29) is 11.9 Å². The average Bonchev–Trinajstić information content (AvgIpc) is 3.51. The third-order valence-electron chi connectivity index (χ3n) is 7.72. The predicted octanol–water partition coefficient (Wildman–Crippen LogP) is 7.21. The minimum atomic E-state index is -1.04. The number of anilines is 1. The molecule has 7 heteroatoms. The number of rotatable bonds is 7. The summed E-state index contributed by atoms with van der Waals surface area (Å²) in [5.74, 6) is -1.11. The lowest BCUT2D eigenvalue weighted by atomic mass is 9.94. The van der Waals surface area contributed by atoms with Crippen LogP contribution in [0.4, 0.5) is 10.1 Å². The van der Waals surface area contributed by atoms with Crippen LogP contribution in [0.15, 0.2) is 103 Å². The number of hydrogen-bond donors (Lipinski definition) is 2. The fourth-order valence-corrected chi connectivity index (χ4v) is 5.60. The van der Waals surface area contributed by atoms with Crippen LogP contribution >= 0.6 is 0 Å². The van der Waals surface area contributed by atoms with Crippen molar-refractivity contribution in [1.82, 2.24) is 15.3 Å². The number of aromatic nitrogens is 2. The largest absolute Gasteiger partial charge is 0.351 e. The van der Waals surface area contributed by atoms with Gasteiger partial charge in [-0.3, -0.25) is 19.5 Å². The molecule has 6 rings (SSSR count). The van der Waals surface area contributed by atoms with Crippen molar-refractivity contribution in [3.05, 3.63) is 120 Å². The van der Waals surface area contributed by atoms with Gasteiger partial charge >= 0.3 is 0 Å². The maximum Gasteiger partial charge on any atom is 0.275 e. The molecule has 0 aliphatic heterocycles. The van der Waals surface area contributed by atoms with Gasteiger partial charge in [0, 0.05) is 17.1 Å². The number of pyridine rings is 1. The lowest BCUT2D eigenvalue weighted by Crippen LogP contribution is -2.47. The first-order chi connectivity index (χ1) is 20.1. The van der Waals surface area contributed by atoms with Crippen LogP contribution in [0.25, 0.3) is 22.2 Å². The van der Waals surface area contributed by atoms with E-state index in [0.29, 0.717) is 16.9 Å². The number of amides is 2. The van der Waals surface area contributed by atoms with Crippen molar-refractivity contribution < 1.29 is 14.0 Å². The summed E-state index contributed by atoms with van der Waals surface area (Å²) in [7, 11) is 0. The summed E-state index contributed by atoms with van der Waals surface area (Å²) in [5.41, 5.74) is 3.81. The predicted molar refractivity (Wildman–Crippen MR) is 159 cm³/mol. The number of para-hydroxylation sites is 1. The van der Waals surface area contributed by atoms with Crippen LogP contribution in [0.5, 0.6) is 0 Å². The van der Waals surface area contributed by atoms with Crippen LogP contribution in [0, 0.1) is 5.82 Å². The minimum absolute atomic E-state index is 0.0287. The summed E-state index contributed by atoms with van der Waals surface area (Å²) in [6.45, 7) is 0. The summed E-state index contributed by atoms with van der Waals surface area (Å²) in [4.78, 5) is 37.9. The number of nitrogens with zero attached hydrogens (tertiary/aromatic N) is 2. The molecule has 41 heavy (non-hydrogen) atoms. The molecule has 2 aromatic heterocycles. The first-order valence-corrected chi connectivity index (χ1v) is 14.1. The van der Waals surface area contributed by atoms with Crippen LogP contribution in [-0.4, -0.2) is 27.8 Å². The van der Waals surface area contributed by atoms with Crippen molar-refractivity contribution in [1.29, 1.82) is 0 Å². The molecule has 5 aromatic rings. The lowest BCUT2D eigenvalue weighted by molar-refractivity contribution is -0.123. The van der Waals surface area contributed by atoms with Gasteiger partial charge in [0.25, 0.3) is 5.91 Å². The molecule has 0 saturated heterocycles. The van der Waals surface area contributed by atoms with Gasteiger partial charge in [0.05, 0.1) is 17.4 Å². The molecule has 1 aliphatic carbocycles. The van der Waals surface area contributed by atoms with E-state index >= 15 is 0 Å². The molecule has 1 unspecified atom stereocenters. The highest BCUT2D eigenvalue weighted by atomic mass is 19.1. The van der Waals surface area contributed by atoms with Gasteiger partial charge in [-0.15, -0.1) is 0 Å². The van der Waals surface area contributed by atoms with E-state index in [9.17, 15) is 14.0 Å². The highest BCUT2D eigenvalue weighted by Gasteiger charge is 2.35. The summed E-state index contributed by atoms with van der Waals surface area (Å²) in [6.07, 6.45) is 6.65. The summed E-state index contributed by atoms with van der Waals surface area (Å²) in [5, 5.41) is 4.04. The van der Waals surface area contributed by atoms with Crippen molar-refractivity contribution in [3.63, 3.8) is 0 Å². The summed E-state index contributed by atoms with van der Waals surface area (Å²) < 4.78 is 14.0. The zero-order valence-electron chi connectivity index (χ0n) is 22.6. The number of carbonyl (C=O) groups is 2. The smallest absolute Gasteiger partial charge is 0.275 e. The molecule has 1 fully saturated rings. The Kier molecular flexibility index (Phi) is 7.58. The Morgan fingerprint density at radius 3 is 2.39 bits per heavy atom. The van der Waals surface area contributed by atoms with Crippen LogP contribution in [0.3, 0.4) is 0 Å². The Balaban J connectivity index is 1.46. The van der Waals surface area contributed by atoms with Crippen LogP contribution in [0.2, 0.25) is 0 Å². The number of halogens is 1. The molecule has 1 atom stereocenters. The van der Waals surface area contributed by atoms with Gasteiger partial charge < -0.3 is 10.3 Å². The fraction of sp³-hybridized carbons (Fsp3) is 0.206. The normalized spacial score (nSPS) is 14.5. The number of fused-ring (bicyclic) bond motifs is 1. The molecule has 0 spiro atoms. The van der Waals surface area contributed by atoms with E-state index in [2.05, 4.69) is 15.3 Å². The van der Waals surface area contributed by atoms with Gasteiger partial charge in [-0.1, -0.05) is 79.9 Å². The Labute approximate surface area is 238 Å². The molecular formula is C34H31FN4O2. The molecule has 6 nitrogen and oxygen atoms in total. The number of H-pyrrole nitrogens is 1. The first-order valence-electron chi connectivity index (χ1n) is 14.1.